The summed E-state index contributed by atoms with van der Waals surface area (Å²) in [5.74, 6) is 1.31. The molecule has 0 spiro atoms. The number of fused-ring (bicyclic) bond motifs is 1. The fraction of sp³-hybridized carbons (Fsp3) is 0.435. The van der Waals surface area contributed by atoms with Crippen molar-refractivity contribution in [2.75, 3.05) is 35.9 Å². The zero-order valence-electron chi connectivity index (χ0n) is 18.4. The maximum Gasteiger partial charge on any atom is 0.173 e. The van der Waals surface area contributed by atoms with E-state index in [1.165, 1.54) is 0 Å². The molecule has 1 aliphatic carbocycles. The standard InChI is InChI=1S/C23H26ClN7S/c1-30(2)17-10-8-16(9-11-17)27-21-19(13-26)22-28-23(32-3)18(12-25)20(31(22)29-21)14-4-6-15(24)7-5-14/h8-11,14-15,23,28H,4-7H2,1-3H3,(H,27,29). The number of aromatic nitrogens is 2. The number of halogens is 1. The van der Waals surface area contributed by atoms with E-state index in [1.807, 2.05) is 49.5 Å². The van der Waals surface area contributed by atoms with Crippen molar-refractivity contribution in [3.8, 4) is 12.1 Å². The van der Waals surface area contributed by atoms with Crippen LogP contribution in [0, 0.1) is 28.6 Å². The molecule has 2 N–H and O–H groups in total. The fourth-order valence-corrected chi connectivity index (χ4v) is 5.25. The number of rotatable bonds is 5. The van der Waals surface area contributed by atoms with Crippen molar-refractivity contribution in [3.63, 3.8) is 0 Å². The minimum Gasteiger partial charge on any atom is -0.378 e. The van der Waals surface area contributed by atoms with Gasteiger partial charge in [-0.25, -0.2) is 4.68 Å². The normalized spacial score (nSPS) is 22.4. The highest BCUT2D eigenvalue weighted by Gasteiger charge is 2.36. The van der Waals surface area contributed by atoms with Crippen molar-refractivity contribution < 1.29 is 0 Å². The van der Waals surface area contributed by atoms with Crippen molar-refractivity contribution >= 4 is 52.1 Å². The molecule has 1 atom stereocenters. The molecular formula is C23H26ClN7S. The molecule has 1 aromatic heterocycles. The Bertz CT molecular complexity index is 1100. The third-order valence-electron chi connectivity index (χ3n) is 6.08. The Kier molecular flexibility index (Phi) is 6.55. The van der Waals surface area contributed by atoms with E-state index in [-0.39, 0.29) is 16.7 Å². The van der Waals surface area contributed by atoms with E-state index >= 15 is 0 Å². The van der Waals surface area contributed by atoms with E-state index in [1.54, 1.807) is 16.4 Å². The molecule has 9 heteroatoms. The molecule has 7 nitrogen and oxygen atoms in total. The molecule has 2 aliphatic rings. The molecule has 2 heterocycles. The van der Waals surface area contributed by atoms with Gasteiger partial charge in [0.2, 0.25) is 0 Å². The smallest absolute Gasteiger partial charge is 0.173 e. The fourth-order valence-electron chi connectivity index (χ4n) is 4.36. The number of hydrogen-bond acceptors (Lipinski definition) is 7. The SMILES string of the molecule is CSC1Nc2c(C#N)c(Nc3ccc(N(C)C)cc3)nn2C(C2CCC(Cl)CC2)=C1C#N. The van der Waals surface area contributed by atoms with E-state index in [4.69, 9.17) is 16.7 Å². The van der Waals surface area contributed by atoms with Gasteiger partial charge >= 0.3 is 0 Å². The molecule has 0 radical (unpaired) electrons. The minimum absolute atomic E-state index is 0.185. The van der Waals surface area contributed by atoms with Gasteiger partial charge in [-0.1, -0.05) is 0 Å². The Morgan fingerprint density at radius 2 is 1.84 bits per heavy atom. The molecule has 32 heavy (non-hydrogen) atoms. The molecule has 1 unspecified atom stereocenters. The van der Waals surface area contributed by atoms with Crippen LogP contribution in [-0.2, 0) is 0 Å². The zero-order chi connectivity index (χ0) is 22.8. The number of nitriles is 2. The van der Waals surface area contributed by atoms with Gasteiger partial charge in [-0.2, -0.15) is 10.5 Å². The second-order valence-corrected chi connectivity index (χ2v) is 9.84. The zero-order valence-corrected chi connectivity index (χ0v) is 20.0. The molecule has 1 saturated carbocycles. The van der Waals surface area contributed by atoms with Gasteiger partial charge in [0.25, 0.3) is 0 Å². The molecule has 0 bridgehead atoms. The van der Waals surface area contributed by atoms with Gasteiger partial charge < -0.3 is 15.5 Å². The summed E-state index contributed by atoms with van der Waals surface area (Å²) in [6.45, 7) is 0. The largest absolute Gasteiger partial charge is 0.378 e. The quantitative estimate of drug-likeness (QED) is 0.583. The monoisotopic (exact) mass is 467 g/mol. The highest BCUT2D eigenvalue weighted by Crippen LogP contribution is 2.44. The molecule has 1 aromatic carbocycles. The predicted molar refractivity (Wildman–Crippen MR) is 132 cm³/mol. The third kappa shape index (κ3) is 4.13. The van der Waals surface area contributed by atoms with Gasteiger partial charge in [0.05, 0.1) is 17.3 Å². The molecule has 1 aliphatic heterocycles. The summed E-state index contributed by atoms with van der Waals surface area (Å²) in [4.78, 5) is 2.03. The van der Waals surface area contributed by atoms with Gasteiger partial charge in [0.15, 0.2) is 11.6 Å². The lowest BCUT2D eigenvalue weighted by Gasteiger charge is -2.33. The number of nitrogens with one attached hydrogen (secondary N) is 2. The van der Waals surface area contributed by atoms with E-state index in [2.05, 4.69) is 22.8 Å². The van der Waals surface area contributed by atoms with Crippen molar-refractivity contribution in [2.45, 2.75) is 36.4 Å². The summed E-state index contributed by atoms with van der Waals surface area (Å²) < 4.78 is 1.78. The Balaban J connectivity index is 1.76. The summed E-state index contributed by atoms with van der Waals surface area (Å²) >= 11 is 7.90. The Morgan fingerprint density at radius 1 is 1.16 bits per heavy atom. The van der Waals surface area contributed by atoms with Crippen LogP contribution in [0.25, 0.3) is 5.70 Å². The van der Waals surface area contributed by atoms with E-state index < -0.39 is 0 Å². The molecule has 0 amide bonds. The number of thioether (sulfide) groups is 1. The molecule has 2 aromatic rings. The van der Waals surface area contributed by atoms with Gasteiger partial charge in [0, 0.05) is 36.8 Å². The summed E-state index contributed by atoms with van der Waals surface area (Å²) in [6.07, 6.45) is 5.61. The number of allylic oxidation sites excluding steroid dienone is 1. The number of alkyl halides is 1. The highest BCUT2D eigenvalue weighted by atomic mass is 35.5. The van der Waals surface area contributed by atoms with Crippen LogP contribution in [-0.4, -0.2) is 40.9 Å². The van der Waals surface area contributed by atoms with Crippen LogP contribution in [0.2, 0.25) is 0 Å². The second kappa shape index (κ2) is 9.36. The van der Waals surface area contributed by atoms with E-state index in [0.29, 0.717) is 22.8 Å². The summed E-state index contributed by atoms with van der Waals surface area (Å²) in [7, 11) is 3.98. The lowest BCUT2D eigenvalue weighted by Crippen LogP contribution is -2.31. The number of nitrogens with zero attached hydrogens (tertiary/aromatic N) is 5. The van der Waals surface area contributed by atoms with E-state index in [9.17, 15) is 10.5 Å². The van der Waals surface area contributed by atoms with Gasteiger partial charge in [-0.05, 0) is 56.2 Å². The van der Waals surface area contributed by atoms with Crippen LogP contribution in [0.4, 0.5) is 23.0 Å². The Labute approximate surface area is 198 Å². The Morgan fingerprint density at radius 3 is 2.41 bits per heavy atom. The molecule has 166 valence electrons. The first-order chi connectivity index (χ1) is 15.5. The highest BCUT2D eigenvalue weighted by molar-refractivity contribution is 7.99. The van der Waals surface area contributed by atoms with E-state index in [0.717, 1.165) is 42.8 Å². The van der Waals surface area contributed by atoms with Gasteiger partial charge in [0.1, 0.15) is 17.0 Å². The number of benzene rings is 1. The van der Waals surface area contributed by atoms with Gasteiger partial charge in [-0.3, -0.25) is 0 Å². The lowest BCUT2D eigenvalue weighted by molar-refractivity contribution is 0.420. The first kappa shape index (κ1) is 22.4. The van der Waals surface area contributed by atoms with Gasteiger partial charge in [-0.15, -0.1) is 28.5 Å². The van der Waals surface area contributed by atoms with Crippen LogP contribution in [0.3, 0.4) is 0 Å². The van der Waals surface area contributed by atoms with Crippen LogP contribution in [0.1, 0.15) is 31.2 Å². The number of anilines is 4. The van der Waals surface area contributed by atoms with Crippen LogP contribution < -0.4 is 15.5 Å². The van der Waals surface area contributed by atoms with Crippen molar-refractivity contribution in [2.24, 2.45) is 5.92 Å². The molecule has 1 fully saturated rings. The maximum atomic E-state index is 10.00. The van der Waals surface area contributed by atoms with Crippen molar-refractivity contribution in [1.82, 2.24) is 9.78 Å². The minimum atomic E-state index is -0.216. The van der Waals surface area contributed by atoms with Crippen molar-refractivity contribution in [3.05, 3.63) is 35.4 Å². The number of hydrogen-bond donors (Lipinski definition) is 2. The molecular weight excluding hydrogens is 442 g/mol. The molecule has 0 saturated heterocycles. The van der Waals surface area contributed by atoms with Crippen LogP contribution >= 0.6 is 23.4 Å². The average Bonchev–Trinajstić information content (AvgIpc) is 3.15. The first-order valence-corrected chi connectivity index (χ1v) is 12.3. The summed E-state index contributed by atoms with van der Waals surface area (Å²) in [5.41, 5.74) is 3.95. The first-order valence-electron chi connectivity index (χ1n) is 10.6. The summed E-state index contributed by atoms with van der Waals surface area (Å²) in [5, 5.41) is 31.4. The lowest BCUT2D eigenvalue weighted by atomic mass is 9.84. The molecule has 4 rings (SSSR count). The summed E-state index contributed by atoms with van der Waals surface area (Å²) in [6, 6.07) is 12.7. The maximum absolute atomic E-state index is 10.00. The van der Waals surface area contributed by atoms with Crippen LogP contribution in [0.5, 0.6) is 0 Å². The predicted octanol–water partition coefficient (Wildman–Crippen LogP) is 5.21. The second-order valence-electron chi connectivity index (χ2n) is 8.28. The van der Waals surface area contributed by atoms with Crippen molar-refractivity contribution in [1.29, 1.82) is 10.5 Å². The van der Waals surface area contributed by atoms with Crippen LogP contribution in [0.15, 0.2) is 29.8 Å². The third-order valence-corrected chi connectivity index (χ3v) is 7.34. The topological polar surface area (TPSA) is 92.7 Å². The average molecular weight is 468 g/mol. The Hall–Kier alpha value is -2.81.